The first kappa shape index (κ1) is 22.5. The minimum atomic E-state index is -1.10. The van der Waals surface area contributed by atoms with Crippen LogP contribution >= 0.6 is 0 Å². The zero-order chi connectivity index (χ0) is 22.9. The van der Waals surface area contributed by atoms with Gasteiger partial charge in [0.15, 0.2) is 6.61 Å². The first-order valence-corrected chi connectivity index (χ1v) is 9.86. The van der Waals surface area contributed by atoms with Crippen LogP contribution in [-0.4, -0.2) is 34.5 Å². The van der Waals surface area contributed by atoms with Crippen LogP contribution in [0.15, 0.2) is 78.9 Å². The summed E-state index contributed by atoms with van der Waals surface area (Å²) >= 11 is 0. The van der Waals surface area contributed by atoms with E-state index in [1.165, 1.54) is 29.3 Å². The number of carboxylic acids is 1. The molecule has 164 valence electrons. The summed E-state index contributed by atoms with van der Waals surface area (Å²) in [4.78, 5) is 36.6. The highest BCUT2D eigenvalue weighted by Crippen LogP contribution is 2.15. The molecule has 0 heterocycles. The predicted molar refractivity (Wildman–Crippen MR) is 118 cm³/mol. The lowest BCUT2D eigenvalue weighted by molar-refractivity contribution is -0.139. The van der Waals surface area contributed by atoms with Crippen LogP contribution in [0, 0.1) is 0 Å². The number of hydrazine groups is 1. The Hall–Kier alpha value is -4.17. The third kappa shape index (κ3) is 6.16. The number of benzene rings is 3. The Balaban J connectivity index is 1.79. The molecule has 32 heavy (non-hydrogen) atoms. The zero-order valence-corrected chi connectivity index (χ0v) is 17.2. The van der Waals surface area contributed by atoms with Crippen LogP contribution in [-0.2, 0) is 17.9 Å². The van der Waals surface area contributed by atoms with Crippen molar-refractivity contribution >= 4 is 17.8 Å². The molecule has 2 amide bonds. The molecule has 0 aliphatic rings. The maximum atomic E-state index is 13.2. The lowest BCUT2D eigenvalue weighted by Gasteiger charge is -2.24. The lowest BCUT2D eigenvalue weighted by atomic mass is 10.1. The molecule has 3 rings (SSSR count). The maximum absolute atomic E-state index is 13.2. The average Bonchev–Trinajstić information content (AvgIpc) is 2.83. The number of hydrogen-bond donors (Lipinski definition) is 3. The summed E-state index contributed by atoms with van der Waals surface area (Å²) in [6.45, 7) is 0.0443. The van der Waals surface area contributed by atoms with Crippen molar-refractivity contribution in [3.05, 3.63) is 101 Å². The summed E-state index contributed by atoms with van der Waals surface area (Å²) in [5.41, 5.74) is 10.7. The number of carbonyl (C=O) groups is 3. The van der Waals surface area contributed by atoms with E-state index in [1.807, 2.05) is 30.3 Å². The molecule has 0 fully saturated rings. The van der Waals surface area contributed by atoms with Crippen molar-refractivity contribution in [3.8, 4) is 5.75 Å². The monoisotopic (exact) mass is 433 g/mol. The van der Waals surface area contributed by atoms with Crippen molar-refractivity contribution in [2.75, 3.05) is 6.61 Å². The van der Waals surface area contributed by atoms with Gasteiger partial charge in [-0.1, -0.05) is 42.5 Å². The number of nitrogens with one attached hydrogen (secondary N) is 1. The molecule has 0 saturated carbocycles. The van der Waals surface area contributed by atoms with Gasteiger partial charge in [0.25, 0.3) is 11.8 Å². The largest absolute Gasteiger partial charge is 0.482 e. The van der Waals surface area contributed by atoms with Gasteiger partial charge in [-0.25, -0.2) is 9.80 Å². The molecular formula is C24H23N3O5. The van der Waals surface area contributed by atoms with E-state index in [-0.39, 0.29) is 6.54 Å². The van der Waals surface area contributed by atoms with Gasteiger partial charge < -0.3 is 15.6 Å². The number of rotatable bonds is 8. The van der Waals surface area contributed by atoms with Crippen molar-refractivity contribution in [1.29, 1.82) is 0 Å². The Labute approximate surface area is 185 Å². The van der Waals surface area contributed by atoms with Gasteiger partial charge in [0.05, 0.1) is 6.54 Å². The van der Waals surface area contributed by atoms with Gasteiger partial charge in [0.2, 0.25) is 0 Å². The van der Waals surface area contributed by atoms with Gasteiger partial charge in [-0.15, -0.1) is 0 Å². The Morgan fingerprint density at radius 1 is 0.844 bits per heavy atom. The van der Waals surface area contributed by atoms with Gasteiger partial charge in [-0.2, -0.15) is 0 Å². The normalized spacial score (nSPS) is 10.3. The fourth-order valence-corrected chi connectivity index (χ4v) is 2.90. The Kier molecular flexibility index (Phi) is 7.55. The number of carboxylic acid groups (broad SMARTS) is 1. The van der Waals surface area contributed by atoms with Crippen LogP contribution in [0.1, 0.15) is 31.8 Å². The van der Waals surface area contributed by atoms with Crippen LogP contribution in [0.2, 0.25) is 0 Å². The van der Waals surface area contributed by atoms with E-state index in [2.05, 4.69) is 5.43 Å². The number of aliphatic carboxylic acids is 1. The molecule has 0 aromatic heterocycles. The van der Waals surface area contributed by atoms with Crippen molar-refractivity contribution in [3.63, 3.8) is 0 Å². The predicted octanol–water partition coefficient (Wildman–Crippen LogP) is 2.60. The van der Waals surface area contributed by atoms with E-state index in [0.29, 0.717) is 23.4 Å². The second kappa shape index (κ2) is 10.7. The topological polar surface area (TPSA) is 122 Å². The number of amides is 2. The van der Waals surface area contributed by atoms with Crippen LogP contribution in [0.3, 0.4) is 0 Å². The summed E-state index contributed by atoms with van der Waals surface area (Å²) < 4.78 is 5.10. The number of nitrogens with zero attached hydrogens (tertiary/aromatic N) is 1. The van der Waals surface area contributed by atoms with E-state index in [9.17, 15) is 14.4 Å². The Bertz CT molecular complexity index is 1070. The molecule has 3 aromatic carbocycles. The second-order valence-electron chi connectivity index (χ2n) is 6.93. The summed E-state index contributed by atoms with van der Waals surface area (Å²) in [5, 5.41) is 9.94. The number of carbonyl (C=O) groups excluding carboxylic acids is 2. The van der Waals surface area contributed by atoms with Gasteiger partial charge >= 0.3 is 5.97 Å². The van der Waals surface area contributed by atoms with Crippen LogP contribution in [0.25, 0.3) is 0 Å². The first-order valence-electron chi connectivity index (χ1n) is 9.86. The van der Waals surface area contributed by atoms with Crippen molar-refractivity contribution in [2.45, 2.75) is 13.1 Å². The number of hydrogen-bond acceptors (Lipinski definition) is 5. The molecule has 0 spiro atoms. The zero-order valence-electron chi connectivity index (χ0n) is 17.2. The van der Waals surface area contributed by atoms with Crippen LogP contribution < -0.4 is 15.9 Å². The van der Waals surface area contributed by atoms with E-state index >= 15 is 0 Å². The minimum Gasteiger partial charge on any atom is -0.482 e. The molecule has 0 radical (unpaired) electrons. The fourth-order valence-electron chi connectivity index (χ4n) is 2.90. The summed E-state index contributed by atoms with van der Waals surface area (Å²) in [7, 11) is 0. The quantitative estimate of drug-likeness (QED) is 0.470. The molecule has 8 nitrogen and oxygen atoms in total. The SMILES string of the molecule is NCc1ccc(C(=O)NN(Cc2ccccc2)C(=O)c2ccc(OCC(=O)O)cc2)cc1. The van der Waals surface area contributed by atoms with E-state index in [0.717, 1.165) is 11.1 Å². The molecule has 4 N–H and O–H groups in total. The first-order chi connectivity index (χ1) is 15.5. The van der Waals surface area contributed by atoms with Gasteiger partial charge in [-0.3, -0.25) is 15.0 Å². The molecular weight excluding hydrogens is 410 g/mol. The summed E-state index contributed by atoms with van der Waals surface area (Å²) in [6.07, 6.45) is 0. The average molecular weight is 433 g/mol. The van der Waals surface area contributed by atoms with Gasteiger partial charge in [-0.05, 0) is 47.5 Å². The molecule has 3 aromatic rings. The lowest BCUT2D eigenvalue weighted by Crippen LogP contribution is -2.45. The van der Waals surface area contributed by atoms with Crippen molar-refractivity contribution in [2.24, 2.45) is 5.73 Å². The number of ether oxygens (including phenoxy) is 1. The molecule has 0 saturated heterocycles. The highest BCUT2D eigenvalue weighted by Gasteiger charge is 2.20. The smallest absolute Gasteiger partial charge is 0.341 e. The summed E-state index contributed by atoms with van der Waals surface area (Å²) in [5.74, 6) is -1.63. The third-order valence-electron chi connectivity index (χ3n) is 4.58. The molecule has 0 unspecified atom stereocenters. The summed E-state index contributed by atoms with van der Waals surface area (Å²) in [6, 6.07) is 22.1. The van der Waals surface area contributed by atoms with Crippen LogP contribution in [0.4, 0.5) is 0 Å². The molecule has 0 bridgehead atoms. The van der Waals surface area contributed by atoms with E-state index in [1.54, 1.807) is 24.3 Å². The van der Waals surface area contributed by atoms with E-state index < -0.39 is 24.4 Å². The van der Waals surface area contributed by atoms with E-state index in [4.69, 9.17) is 15.6 Å². The van der Waals surface area contributed by atoms with Crippen molar-refractivity contribution in [1.82, 2.24) is 10.4 Å². The van der Waals surface area contributed by atoms with Gasteiger partial charge in [0, 0.05) is 17.7 Å². The molecule has 0 aliphatic carbocycles. The second-order valence-corrected chi connectivity index (χ2v) is 6.93. The maximum Gasteiger partial charge on any atom is 0.341 e. The molecule has 0 aliphatic heterocycles. The number of nitrogens with two attached hydrogens (primary N) is 1. The molecule has 8 heteroatoms. The fraction of sp³-hybridized carbons (Fsp3) is 0.125. The third-order valence-corrected chi connectivity index (χ3v) is 4.58. The Morgan fingerprint density at radius 2 is 1.47 bits per heavy atom. The standard InChI is InChI=1S/C24H23N3O5/c25-14-17-6-8-19(9-7-17)23(30)26-27(15-18-4-2-1-3-5-18)24(31)20-10-12-21(13-11-20)32-16-22(28)29/h1-13H,14-16,25H2,(H,26,30)(H,28,29). The van der Waals surface area contributed by atoms with Crippen molar-refractivity contribution < 1.29 is 24.2 Å². The molecule has 0 atom stereocenters. The highest BCUT2D eigenvalue weighted by molar-refractivity contribution is 5.99. The Morgan fingerprint density at radius 3 is 2.06 bits per heavy atom. The van der Waals surface area contributed by atoms with Crippen LogP contribution in [0.5, 0.6) is 5.75 Å². The minimum absolute atomic E-state index is 0.156. The highest BCUT2D eigenvalue weighted by atomic mass is 16.5. The van der Waals surface area contributed by atoms with Gasteiger partial charge in [0.1, 0.15) is 5.75 Å².